The van der Waals surface area contributed by atoms with E-state index in [0.29, 0.717) is 12.5 Å². The van der Waals surface area contributed by atoms with Gasteiger partial charge in [-0.25, -0.2) is 0 Å². The molecule has 1 heterocycles. The van der Waals surface area contributed by atoms with Gasteiger partial charge in [0, 0.05) is 18.0 Å². The van der Waals surface area contributed by atoms with Crippen LogP contribution in [0.2, 0.25) is 0 Å². The Hall–Kier alpha value is -1.27. The number of hydrogen-bond acceptors (Lipinski definition) is 3. The summed E-state index contributed by atoms with van der Waals surface area (Å²) >= 11 is 0. The third-order valence-electron chi connectivity index (χ3n) is 2.71. The molecule has 1 atom stereocenters. The lowest BCUT2D eigenvalue weighted by Gasteiger charge is -2.12. The molecule has 0 spiro atoms. The SMILES string of the molecule is Cc1cc(C(C)NCCCCC#N)c(C)o1. The number of nitriles is 1. The molecule has 0 saturated carbocycles. The quantitative estimate of drug-likeness (QED) is 0.749. The largest absolute Gasteiger partial charge is 0.466 e. The summed E-state index contributed by atoms with van der Waals surface area (Å²) in [6, 6.07) is 4.56. The minimum atomic E-state index is 0.319. The summed E-state index contributed by atoms with van der Waals surface area (Å²) < 4.78 is 5.50. The van der Waals surface area contributed by atoms with Crippen LogP contribution in [0.25, 0.3) is 0 Å². The van der Waals surface area contributed by atoms with Crippen LogP contribution in [0, 0.1) is 25.2 Å². The highest BCUT2D eigenvalue weighted by molar-refractivity contribution is 5.23. The molecule has 0 saturated heterocycles. The molecule has 1 aromatic heterocycles. The van der Waals surface area contributed by atoms with E-state index in [9.17, 15) is 0 Å². The molecule has 16 heavy (non-hydrogen) atoms. The number of unbranched alkanes of at least 4 members (excludes halogenated alkanes) is 2. The van der Waals surface area contributed by atoms with Gasteiger partial charge in [-0.15, -0.1) is 0 Å². The summed E-state index contributed by atoms with van der Waals surface area (Å²) in [5.41, 5.74) is 1.23. The average molecular weight is 220 g/mol. The van der Waals surface area contributed by atoms with Crippen molar-refractivity contribution >= 4 is 0 Å². The summed E-state index contributed by atoms with van der Waals surface area (Å²) in [6.07, 6.45) is 2.67. The Morgan fingerprint density at radius 3 is 2.75 bits per heavy atom. The molecular weight excluding hydrogens is 200 g/mol. The summed E-state index contributed by atoms with van der Waals surface area (Å²) in [6.45, 7) is 7.06. The van der Waals surface area contributed by atoms with Crippen molar-refractivity contribution in [1.82, 2.24) is 5.32 Å². The smallest absolute Gasteiger partial charge is 0.105 e. The molecule has 0 amide bonds. The normalized spacial score (nSPS) is 12.4. The van der Waals surface area contributed by atoms with Gasteiger partial charge in [0.1, 0.15) is 11.5 Å². The van der Waals surface area contributed by atoms with Gasteiger partial charge in [0.2, 0.25) is 0 Å². The van der Waals surface area contributed by atoms with E-state index in [1.165, 1.54) is 5.56 Å². The van der Waals surface area contributed by atoms with Crippen molar-refractivity contribution in [2.75, 3.05) is 6.54 Å². The molecule has 0 fully saturated rings. The Morgan fingerprint density at radius 2 is 2.19 bits per heavy atom. The van der Waals surface area contributed by atoms with Crippen LogP contribution in [0.3, 0.4) is 0 Å². The third kappa shape index (κ3) is 3.71. The molecule has 88 valence electrons. The predicted molar refractivity (Wildman–Crippen MR) is 64.1 cm³/mol. The van der Waals surface area contributed by atoms with Crippen LogP contribution in [-0.2, 0) is 0 Å². The van der Waals surface area contributed by atoms with E-state index in [0.717, 1.165) is 30.9 Å². The van der Waals surface area contributed by atoms with Gasteiger partial charge in [0.05, 0.1) is 6.07 Å². The molecule has 0 aliphatic heterocycles. The van der Waals surface area contributed by atoms with Crippen LogP contribution < -0.4 is 5.32 Å². The van der Waals surface area contributed by atoms with E-state index in [-0.39, 0.29) is 0 Å². The Kier molecular flexibility index (Phi) is 5.07. The van der Waals surface area contributed by atoms with Crippen molar-refractivity contribution in [2.45, 2.75) is 46.1 Å². The van der Waals surface area contributed by atoms with Gasteiger partial charge in [-0.3, -0.25) is 0 Å². The van der Waals surface area contributed by atoms with Crippen LogP contribution in [-0.4, -0.2) is 6.54 Å². The van der Waals surface area contributed by atoms with Crippen molar-refractivity contribution < 1.29 is 4.42 Å². The van der Waals surface area contributed by atoms with Crippen LogP contribution in [0.5, 0.6) is 0 Å². The van der Waals surface area contributed by atoms with Crippen LogP contribution in [0.1, 0.15) is 49.3 Å². The molecule has 1 rings (SSSR count). The molecule has 0 aromatic carbocycles. The highest BCUT2D eigenvalue weighted by atomic mass is 16.3. The maximum Gasteiger partial charge on any atom is 0.105 e. The Labute approximate surface area is 97.5 Å². The number of rotatable bonds is 6. The van der Waals surface area contributed by atoms with Crippen LogP contribution in [0.4, 0.5) is 0 Å². The van der Waals surface area contributed by atoms with E-state index in [4.69, 9.17) is 9.68 Å². The van der Waals surface area contributed by atoms with Gasteiger partial charge in [0.25, 0.3) is 0 Å². The highest BCUT2D eigenvalue weighted by Crippen LogP contribution is 2.20. The fourth-order valence-corrected chi connectivity index (χ4v) is 1.84. The van der Waals surface area contributed by atoms with Crippen molar-refractivity contribution in [2.24, 2.45) is 0 Å². The number of nitrogens with zero attached hydrogens (tertiary/aromatic N) is 1. The molecule has 0 aliphatic carbocycles. The fraction of sp³-hybridized carbons (Fsp3) is 0.615. The minimum Gasteiger partial charge on any atom is -0.466 e. The molecule has 0 radical (unpaired) electrons. The molecule has 1 unspecified atom stereocenters. The summed E-state index contributed by atoms with van der Waals surface area (Å²) in [7, 11) is 0. The fourth-order valence-electron chi connectivity index (χ4n) is 1.84. The van der Waals surface area contributed by atoms with Gasteiger partial charge < -0.3 is 9.73 Å². The van der Waals surface area contributed by atoms with Crippen molar-refractivity contribution in [1.29, 1.82) is 5.26 Å². The lowest BCUT2D eigenvalue weighted by molar-refractivity contribution is 0.487. The minimum absolute atomic E-state index is 0.319. The van der Waals surface area contributed by atoms with E-state index in [1.54, 1.807) is 0 Å². The zero-order valence-electron chi connectivity index (χ0n) is 10.3. The second-order valence-corrected chi connectivity index (χ2v) is 4.16. The van der Waals surface area contributed by atoms with Crippen molar-refractivity contribution in [3.8, 4) is 6.07 Å². The first-order chi connectivity index (χ1) is 7.65. The van der Waals surface area contributed by atoms with Gasteiger partial charge in [0.15, 0.2) is 0 Å². The van der Waals surface area contributed by atoms with E-state index in [2.05, 4.69) is 24.4 Å². The van der Waals surface area contributed by atoms with Gasteiger partial charge in [-0.2, -0.15) is 5.26 Å². The zero-order chi connectivity index (χ0) is 12.0. The standard InChI is InChI=1S/C13H20N2O/c1-10-9-13(12(3)16-10)11(2)15-8-6-4-5-7-14/h9,11,15H,4-6,8H2,1-3H3. The number of furan rings is 1. The first-order valence-electron chi connectivity index (χ1n) is 5.82. The first-order valence-corrected chi connectivity index (χ1v) is 5.82. The number of aryl methyl sites for hydroxylation is 2. The molecule has 1 aromatic rings. The molecule has 3 nitrogen and oxygen atoms in total. The van der Waals surface area contributed by atoms with Gasteiger partial charge >= 0.3 is 0 Å². The molecule has 0 aliphatic rings. The maximum absolute atomic E-state index is 8.41. The Morgan fingerprint density at radius 1 is 1.44 bits per heavy atom. The second kappa shape index (κ2) is 6.34. The van der Waals surface area contributed by atoms with E-state index >= 15 is 0 Å². The Balaban J connectivity index is 2.33. The molecular formula is C13H20N2O. The zero-order valence-corrected chi connectivity index (χ0v) is 10.3. The summed E-state index contributed by atoms with van der Waals surface area (Å²) in [5, 5.41) is 11.9. The molecule has 0 bridgehead atoms. The summed E-state index contributed by atoms with van der Waals surface area (Å²) in [5.74, 6) is 1.96. The third-order valence-corrected chi connectivity index (χ3v) is 2.71. The monoisotopic (exact) mass is 220 g/mol. The van der Waals surface area contributed by atoms with Crippen molar-refractivity contribution in [3.63, 3.8) is 0 Å². The van der Waals surface area contributed by atoms with Gasteiger partial charge in [-0.1, -0.05) is 0 Å². The Bertz CT molecular complexity index is 362. The second-order valence-electron chi connectivity index (χ2n) is 4.16. The topological polar surface area (TPSA) is 49.0 Å². The predicted octanol–water partition coefficient (Wildman–Crippen LogP) is 3.24. The average Bonchev–Trinajstić information content (AvgIpc) is 2.57. The molecule has 1 N–H and O–H groups in total. The lowest BCUT2D eigenvalue weighted by atomic mass is 10.1. The first kappa shape index (κ1) is 12.8. The van der Waals surface area contributed by atoms with Crippen LogP contribution >= 0.6 is 0 Å². The van der Waals surface area contributed by atoms with Gasteiger partial charge in [-0.05, 0) is 46.2 Å². The van der Waals surface area contributed by atoms with Crippen LogP contribution in [0.15, 0.2) is 10.5 Å². The lowest BCUT2D eigenvalue weighted by Crippen LogP contribution is -2.19. The molecule has 3 heteroatoms. The van der Waals surface area contributed by atoms with E-state index < -0.39 is 0 Å². The number of nitrogens with one attached hydrogen (secondary N) is 1. The number of hydrogen-bond donors (Lipinski definition) is 1. The maximum atomic E-state index is 8.41. The summed E-state index contributed by atoms with van der Waals surface area (Å²) in [4.78, 5) is 0. The van der Waals surface area contributed by atoms with Crippen molar-refractivity contribution in [3.05, 3.63) is 23.2 Å². The highest BCUT2D eigenvalue weighted by Gasteiger charge is 2.11. The van der Waals surface area contributed by atoms with E-state index in [1.807, 2.05) is 13.8 Å².